The molecule has 2 N–H and O–H groups in total. The van der Waals surface area contributed by atoms with Crippen LogP contribution in [-0.4, -0.2) is 18.2 Å². The first-order chi connectivity index (χ1) is 9.49. The van der Waals surface area contributed by atoms with Crippen LogP contribution in [0.2, 0.25) is 0 Å². The zero-order valence-electron chi connectivity index (χ0n) is 10.5. The Morgan fingerprint density at radius 1 is 1.15 bits per heavy atom. The van der Waals surface area contributed by atoms with E-state index in [-0.39, 0.29) is 17.0 Å². The number of methoxy groups -OCH3 is 1. The number of hydrogen-bond donors (Lipinski definition) is 2. The van der Waals surface area contributed by atoms with Crippen LogP contribution >= 0.6 is 0 Å². The van der Waals surface area contributed by atoms with Gasteiger partial charge in [0.05, 0.1) is 18.4 Å². The molecule has 0 fully saturated rings. The molecule has 0 spiro atoms. The quantitative estimate of drug-likeness (QED) is 0.900. The van der Waals surface area contributed by atoms with E-state index >= 15 is 0 Å². The van der Waals surface area contributed by atoms with Crippen molar-refractivity contribution in [3.8, 4) is 5.75 Å². The van der Waals surface area contributed by atoms with E-state index in [1.807, 2.05) is 0 Å². The van der Waals surface area contributed by atoms with Crippen LogP contribution in [0, 0.1) is 11.6 Å². The summed E-state index contributed by atoms with van der Waals surface area (Å²) in [5.41, 5.74) is 0.218. The monoisotopic (exact) mass is 279 g/mol. The van der Waals surface area contributed by atoms with Gasteiger partial charge in [0.2, 0.25) is 0 Å². The maximum absolute atomic E-state index is 13.3. The predicted octanol–water partition coefficient (Wildman–Crippen LogP) is 3.42. The minimum atomic E-state index is -1.28. The number of benzene rings is 2. The molecular weight excluding hydrogens is 268 g/mol. The molecule has 6 heteroatoms. The van der Waals surface area contributed by atoms with Gasteiger partial charge in [-0.05, 0) is 24.3 Å². The van der Waals surface area contributed by atoms with Crippen molar-refractivity contribution in [3.63, 3.8) is 0 Å². The summed E-state index contributed by atoms with van der Waals surface area (Å²) in [6, 6.07) is 7.15. The van der Waals surface area contributed by atoms with E-state index < -0.39 is 17.6 Å². The SMILES string of the molecule is COc1cc(F)cc(Nc2ccc(F)cc2C(=O)O)c1. The fourth-order valence-corrected chi connectivity index (χ4v) is 1.71. The van der Waals surface area contributed by atoms with Gasteiger partial charge in [-0.15, -0.1) is 0 Å². The van der Waals surface area contributed by atoms with E-state index in [4.69, 9.17) is 9.84 Å². The molecule has 0 aliphatic rings. The highest BCUT2D eigenvalue weighted by Gasteiger charge is 2.12. The van der Waals surface area contributed by atoms with Crippen molar-refractivity contribution in [1.29, 1.82) is 0 Å². The summed E-state index contributed by atoms with van der Waals surface area (Å²) in [6.45, 7) is 0. The molecule has 0 unspecified atom stereocenters. The van der Waals surface area contributed by atoms with E-state index in [1.54, 1.807) is 0 Å². The number of rotatable bonds is 4. The lowest BCUT2D eigenvalue weighted by atomic mass is 10.1. The van der Waals surface area contributed by atoms with E-state index in [1.165, 1.54) is 31.4 Å². The van der Waals surface area contributed by atoms with Gasteiger partial charge in [-0.1, -0.05) is 0 Å². The number of aromatic carboxylic acids is 1. The van der Waals surface area contributed by atoms with Crippen LogP contribution in [0.15, 0.2) is 36.4 Å². The maximum atomic E-state index is 13.3. The summed E-state index contributed by atoms with van der Waals surface area (Å²) in [4.78, 5) is 11.0. The number of carboxylic acid groups (broad SMARTS) is 1. The Morgan fingerprint density at radius 3 is 2.55 bits per heavy atom. The number of halogens is 2. The lowest BCUT2D eigenvalue weighted by Gasteiger charge is -2.11. The molecule has 0 heterocycles. The Hall–Kier alpha value is -2.63. The molecule has 2 aromatic rings. The number of hydrogen-bond acceptors (Lipinski definition) is 3. The molecule has 0 amide bonds. The van der Waals surface area contributed by atoms with Crippen molar-refractivity contribution >= 4 is 17.3 Å². The van der Waals surface area contributed by atoms with Gasteiger partial charge in [0, 0.05) is 17.8 Å². The summed E-state index contributed by atoms with van der Waals surface area (Å²) < 4.78 is 31.3. The first-order valence-electron chi connectivity index (χ1n) is 5.64. The summed E-state index contributed by atoms with van der Waals surface area (Å²) in [5, 5.41) is 11.7. The Morgan fingerprint density at radius 2 is 1.90 bits per heavy atom. The van der Waals surface area contributed by atoms with Crippen molar-refractivity contribution in [1.82, 2.24) is 0 Å². The molecule has 0 aliphatic carbocycles. The molecule has 0 aliphatic heterocycles. The van der Waals surface area contributed by atoms with E-state index in [0.29, 0.717) is 5.69 Å². The minimum absolute atomic E-state index is 0.159. The number of nitrogens with one attached hydrogen (secondary N) is 1. The van der Waals surface area contributed by atoms with Gasteiger partial charge in [-0.2, -0.15) is 0 Å². The standard InChI is InChI=1S/C14H11F2NO3/c1-20-11-5-9(16)4-10(7-11)17-13-3-2-8(15)6-12(13)14(18)19/h2-7,17H,1H3,(H,18,19). The topological polar surface area (TPSA) is 58.6 Å². The Kier molecular flexibility index (Phi) is 3.84. The maximum Gasteiger partial charge on any atom is 0.337 e. The van der Waals surface area contributed by atoms with Gasteiger partial charge in [0.1, 0.15) is 17.4 Å². The summed E-state index contributed by atoms with van der Waals surface area (Å²) in [7, 11) is 1.39. The zero-order valence-corrected chi connectivity index (χ0v) is 10.5. The fraction of sp³-hybridized carbons (Fsp3) is 0.0714. The van der Waals surface area contributed by atoms with Gasteiger partial charge in [0.25, 0.3) is 0 Å². The van der Waals surface area contributed by atoms with Crippen LogP contribution in [0.5, 0.6) is 5.75 Å². The molecule has 104 valence electrons. The minimum Gasteiger partial charge on any atom is -0.497 e. The average Bonchev–Trinajstić information content (AvgIpc) is 2.40. The third kappa shape index (κ3) is 3.03. The molecule has 0 bridgehead atoms. The van der Waals surface area contributed by atoms with Crippen molar-refractivity contribution < 1.29 is 23.4 Å². The number of anilines is 2. The number of carbonyl (C=O) groups is 1. The summed E-state index contributed by atoms with van der Waals surface area (Å²) in [6.07, 6.45) is 0. The normalized spacial score (nSPS) is 10.2. The lowest BCUT2D eigenvalue weighted by Crippen LogP contribution is -2.03. The second-order valence-corrected chi connectivity index (χ2v) is 4.00. The number of carboxylic acids is 1. The molecule has 0 saturated carbocycles. The van der Waals surface area contributed by atoms with Crippen LogP contribution in [-0.2, 0) is 0 Å². The first-order valence-corrected chi connectivity index (χ1v) is 5.64. The average molecular weight is 279 g/mol. The van der Waals surface area contributed by atoms with Crippen LogP contribution in [0.4, 0.5) is 20.2 Å². The van der Waals surface area contributed by atoms with Crippen molar-refractivity contribution in [2.24, 2.45) is 0 Å². The van der Waals surface area contributed by atoms with E-state index in [9.17, 15) is 13.6 Å². The molecule has 2 rings (SSSR count). The van der Waals surface area contributed by atoms with Gasteiger partial charge >= 0.3 is 5.97 Å². The zero-order chi connectivity index (χ0) is 14.7. The van der Waals surface area contributed by atoms with Crippen LogP contribution in [0.25, 0.3) is 0 Å². The highest BCUT2D eigenvalue weighted by Crippen LogP contribution is 2.26. The van der Waals surface area contributed by atoms with Crippen LogP contribution in [0.3, 0.4) is 0 Å². The smallest absolute Gasteiger partial charge is 0.337 e. The third-order valence-electron chi connectivity index (χ3n) is 2.60. The largest absolute Gasteiger partial charge is 0.497 e. The predicted molar refractivity (Wildman–Crippen MR) is 69.6 cm³/mol. The highest BCUT2D eigenvalue weighted by atomic mass is 19.1. The second kappa shape index (κ2) is 5.56. The highest BCUT2D eigenvalue weighted by molar-refractivity contribution is 5.95. The first kappa shape index (κ1) is 13.8. The summed E-state index contributed by atoms with van der Waals surface area (Å²) in [5.74, 6) is -2.20. The molecule has 0 saturated heterocycles. The Bertz CT molecular complexity index is 659. The molecular formula is C14H11F2NO3. The molecule has 20 heavy (non-hydrogen) atoms. The van der Waals surface area contributed by atoms with Gasteiger partial charge < -0.3 is 15.2 Å². The summed E-state index contributed by atoms with van der Waals surface area (Å²) >= 11 is 0. The molecule has 0 radical (unpaired) electrons. The molecule has 0 aromatic heterocycles. The Balaban J connectivity index is 2.39. The van der Waals surface area contributed by atoms with Crippen molar-refractivity contribution in [2.75, 3.05) is 12.4 Å². The molecule has 0 atom stereocenters. The van der Waals surface area contributed by atoms with Crippen molar-refractivity contribution in [2.45, 2.75) is 0 Å². The van der Waals surface area contributed by atoms with Crippen molar-refractivity contribution in [3.05, 3.63) is 53.6 Å². The van der Waals surface area contributed by atoms with E-state index in [2.05, 4.69) is 5.32 Å². The lowest BCUT2D eigenvalue weighted by molar-refractivity contribution is 0.0697. The van der Waals surface area contributed by atoms with Gasteiger partial charge in [-0.3, -0.25) is 0 Å². The molecule has 4 nitrogen and oxygen atoms in total. The fourth-order valence-electron chi connectivity index (χ4n) is 1.71. The molecule has 2 aromatic carbocycles. The Labute approximate surface area is 113 Å². The van der Waals surface area contributed by atoms with Crippen LogP contribution < -0.4 is 10.1 Å². The van der Waals surface area contributed by atoms with E-state index in [0.717, 1.165) is 12.1 Å². The van der Waals surface area contributed by atoms with Gasteiger partial charge in [0.15, 0.2) is 0 Å². The van der Waals surface area contributed by atoms with Gasteiger partial charge in [-0.25, -0.2) is 13.6 Å². The second-order valence-electron chi connectivity index (χ2n) is 4.00. The van der Waals surface area contributed by atoms with Crippen LogP contribution in [0.1, 0.15) is 10.4 Å². The number of ether oxygens (including phenoxy) is 1. The third-order valence-corrected chi connectivity index (χ3v) is 2.60.